The average molecular weight is 447 g/mol. The first-order valence-corrected chi connectivity index (χ1v) is 13.7. The third-order valence-electron chi connectivity index (χ3n) is 10.7. The summed E-state index contributed by atoms with van der Waals surface area (Å²) in [4.78, 5) is 27.1. The Balaban J connectivity index is 1.03. The third-order valence-corrected chi connectivity index (χ3v) is 10.7. The Bertz CT molecular complexity index is 824. The molecular weight excluding hydrogens is 408 g/mol. The second kappa shape index (κ2) is 7.33. The highest BCUT2D eigenvalue weighted by atomic mass is 16.2. The number of rotatable bonds is 4. The number of allylic oxidation sites excluding steroid dienone is 4. The van der Waals surface area contributed by atoms with Gasteiger partial charge in [0, 0.05) is 17.8 Å². The Hall–Kier alpha value is -1.84. The summed E-state index contributed by atoms with van der Waals surface area (Å²) >= 11 is 0. The van der Waals surface area contributed by atoms with E-state index in [4.69, 9.17) is 0 Å². The van der Waals surface area contributed by atoms with E-state index in [9.17, 15) is 9.59 Å². The summed E-state index contributed by atoms with van der Waals surface area (Å²) < 4.78 is 0. The Kier molecular flexibility index (Phi) is 4.56. The maximum absolute atomic E-state index is 13.6. The Morgan fingerprint density at radius 1 is 0.576 bits per heavy atom. The van der Waals surface area contributed by atoms with Crippen molar-refractivity contribution >= 4 is 11.8 Å². The lowest BCUT2D eigenvalue weighted by Gasteiger charge is -2.55. The summed E-state index contributed by atoms with van der Waals surface area (Å²) in [5.74, 6) is 5.07. The van der Waals surface area contributed by atoms with Crippen LogP contribution in [0, 0.1) is 46.3 Å². The fraction of sp³-hybridized carbons (Fsp3) is 0.724. The van der Waals surface area contributed by atoms with Gasteiger partial charge in [0.2, 0.25) is 11.8 Å². The normalized spacial score (nSPS) is 46.5. The van der Waals surface area contributed by atoms with Gasteiger partial charge in [0.05, 0.1) is 10.8 Å². The number of carbonyl (C=O) groups excluding carboxylic acids is 2. The summed E-state index contributed by atoms with van der Waals surface area (Å²) in [6.07, 6.45) is 23.2. The predicted octanol–water partition coefficient (Wildman–Crippen LogP) is 5.38. The van der Waals surface area contributed by atoms with Gasteiger partial charge in [0.1, 0.15) is 0 Å². The maximum Gasteiger partial charge on any atom is 0.230 e. The van der Waals surface area contributed by atoms with Crippen LogP contribution in [0.1, 0.15) is 83.5 Å². The molecule has 8 fully saturated rings. The molecule has 176 valence electrons. The Morgan fingerprint density at radius 2 is 0.879 bits per heavy atom. The first-order chi connectivity index (χ1) is 16.0. The van der Waals surface area contributed by atoms with Crippen LogP contribution in [0.2, 0.25) is 0 Å². The highest BCUT2D eigenvalue weighted by Crippen LogP contribution is 2.61. The highest BCUT2D eigenvalue weighted by Gasteiger charge is 2.56. The van der Waals surface area contributed by atoms with Crippen LogP contribution in [0.15, 0.2) is 35.7 Å². The van der Waals surface area contributed by atoms with Crippen LogP contribution in [0.5, 0.6) is 0 Å². The molecule has 4 heteroatoms. The quantitative estimate of drug-likeness (QED) is 0.609. The molecule has 0 radical (unpaired) electrons. The van der Waals surface area contributed by atoms with Crippen LogP contribution in [0.3, 0.4) is 0 Å². The monoisotopic (exact) mass is 446 g/mol. The van der Waals surface area contributed by atoms with E-state index in [1.807, 2.05) is 24.3 Å². The Labute approximate surface area is 197 Å². The number of nitrogens with one attached hydrogen (secondary N) is 2. The summed E-state index contributed by atoms with van der Waals surface area (Å²) in [7, 11) is 0. The van der Waals surface area contributed by atoms with Gasteiger partial charge in [0.15, 0.2) is 0 Å². The van der Waals surface area contributed by atoms with Crippen molar-refractivity contribution in [1.82, 2.24) is 10.6 Å². The largest absolute Gasteiger partial charge is 0.329 e. The molecule has 0 unspecified atom stereocenters. The predicted molar refractivity (Wildman–Crippen MR) is 127 cm³/mol. The molecule has 9 aliphatic carbocycles. The zero-order chi connectivity index (χ0) is 22.2. The average Bonchev–Trinajstić information content (AvgIpc) is 2.96. The lowest BCUT2D eigenvalue weighted by atomic mass is 9.49. The molecule has 0 atom stereocenters. The molecule has 2 amide bonds. The van der Waals surface area contributed by atoms with E-state index >= 15 is 0 Å². The second-order valence-corrected chi connectivity index (χ2v) is 13.2. The molecule has 9 aliphatic rings. The molecule has 4 nitrogen and oxygen atoms in total. The molecular formula is C29H38N2O2. The van der Waals surface area contributed by atoms with Crippen molar-refractivity contribution in [3.63, 3.8) is 0 Å². The number of hydrogen-bond acceptors (Lipinski definition) is 2. The molecule has 9 rings (SSSR count). The first-order valence-electron chi connectivity index (χ1n) is 13.7. The van der Waals surface area contributed by atoms with Crippen LogP contribution < -0.4 is 10.6 Å². The van der Waals surface area contributed by atoms with Crippen LogP contribution in [-0.2, 0) is 9.59 Å². The van der Waals surface area contributed by atoms with E-state index in [0.717, 1.165) is 85.4 Å². The van der Waals surface area contributed by atoms with Crippen LogP contribution in [0.4, 0.5) is 0 Å². The first kappa shape index (κ1) is 20.5. The minimum Gasteiger partial charge on any atom is -0.329 e. The van der Waals surface area contributed by atoms with Gasteiger partial charge in [0.25, 0.3) is 0 Å². The molecule has 0 aromatic carbocycles. The Morgan fingerprint density at radius 3 is 1.18 bits per heavy atom. The van der Waals surface area contributed by atoms with Gasteiger partial charge in [-0.05, 0) is 125 Å². The van der Waals surface area contributed by atoms with Crippen molar-refractivity contribution in [2.45, 2.75) is 83.5 Å². The molecule has 0 aromatic heterocycles. The van der Waals surface area contributed by atoms with Gasteiger partial charge < -0.3 is 10.6 Å². The SMILES string of the molecule is O=C(NC1=CC=CC=C(NC(=O)C23CC4CC(CC(C4)C2)C3)C1)C12CC3CC(CC(C3)C1)C2. The van der Waals surface area contributed by atoms with E-state index in [1.54, 1.807) is 0 Å². The van der Waals surface area contributed by atoms with Crippen molar-refractivity contribution in [3.8, 4) is 0 Å². The molecule has 0 aliphatic heterocycles. The van der Waals surface area contributed by atoms with E-state index in [2.05, 4.69) is 10.6 Å². The standard InChI is InChI=1S/C29H38N2O2/c32-26(28-12-18-5-19(13-28)7-20(6-18)14-28)30-24-3-1-2-4-25(11-24)31-27(33)29-15-21-8-22(16-29)10-23(9-21)17-29/h1-4,18-23H,5-17H2,(H,30,32)(H,31,33). The van der Waals surface area contributed by atoms with E-state index in [-0.39, 0.29) is 22.6 Å². The maximum atomic E-state index is 13.6. The lowest BCUT2D eigenvalue weighted by molar-refractivity contribution is -0.145. The molecule has 8 saturated carbocycles. The zero-order valence-corrected chi connectivity index (χ0v) is 19.8. The van der Waals surface area contributed by atoms with Crippen LogP contribution in [-0.4, -0.2) is 11.8 Å². The van der Waals surface area contributed by atoms with Crippen LogP contribution in [0.25, 0.3) is 0 Å². The summed E-state index contributed by atoms with van der Waals surface area (Å²) in [5, 5.41) is 6.67. The molecule has 0 heterocycles. The summed E-state index contributed by atoms with van der Waals surface area (Å²) in [6.45, 7) is 0. The molecule has 8 bridgehead atoms. The molecule has 0 saturated heterocycles. The van der Waals surface area contributed by atoms with Gasteiger partial charge >= 0.3 is 0 Å². The molecule has 0 spiro atoms. The fourth-order valence-corrected chi connectivity index (χ4v) is 10.2. The van der Waals surface area contributed by atoms with Crippen molar-refractivity contribution in [1.29, 1.82) is 0 Å². The lowest BCUT2D eigenvalue weighted by Crippen LogP contribution is -2.54. The van der Waals surface area contributed by atoms with Gasteiger partial charge in [-0.15, -0.1) is 0 Å². The van der Waals surface area contributed by atoms with E-state index in [0.29, 0.717) is 6.42 Å². The van der Waals surface area contributed by atoms with Crippen molar-refractivity contribution < 1.29 is 9.59 Å². The minimum atomic E-state index is -0.141. The van der Waals surface area contributed by atoms with Gasteiger partial charge in [-0.1, -0.05) is 12.2 Å². The van der Waals surface area contributed by atoms with Crippen LogP contribution >= 0.6 is 0 Å². The topological polar surface area (TPSA) is 58.2 Å². The highest BCUT2D eigenvalue weighted by molar-refractivity contribution is 5.86. The van der Waals surface area contributed by atoms with Crippen molar-refractivity contribution in [3.05, 3.63) is 35.7 Å². The smallest absolute Gasteiger partial charge is 0.230 e. The van der Waals surface area contributed by atoms with E-state index < -0.39 is 0 Å². The minimum absolute atomic E-state index is 0.141. The fourth-order valence-electron chi connectivity index (χ4n) is 10.2. The molecule has 0 aromatic rings. The van der Waals surface area contributed by atoms with Crippen molar-refractivity contribution in [2.75, 3.05) is 0 Å². The van der Waals surface area contributed by atoms with Gasteiger partial charge in [-0.2, -0.15) is 0 Å². The molecule has 2 N–H and O–H groups in total. The zero-order valence-electron chi connectivity index (χ0n) is 19.8. The summed E-state index contributed by atoms with van der Waals surface area (Å²) in [6, 6.07) is 0. The molecule has 33 heavy (non-hydrogen) atoms. The second-order valence-electron chi connectivity index (χ2n) is 13.2. The third kappa shape index (κ3) is 3.46. The number of carbonyl (C=O) groups is 2. The van der Waals surface area contributed by atoms with Gasteiger partial charge in [-0.3, -0.25) is 9.59 Å². The van der Waals surface area contributed by atoms with Crippen molar-refractivity contribution in [2.24, 2.45) is 46.3 Å². The number of amides is 2. The summed E-state index contributed by atoms with van der Waals surface area (Å²) in [5.41, 5.74) is 1.58. The van der Waals surface area contributed by atoms with Gasteiger partial charge in [-0.25, -0.2) is 0 Å². The van der Waals surface area contributed by atoms with E-state index in [1.165, 1.54) is 38.5 Å². The number of hydrogen-bond donors (Lipinski definition) is 2.